The number of aromatic nitrogens is 3. The van der Waals surface area contributed by atoms with E-state index in [4.69, 9.17) is 4.74 Å². The number of aryl methyl sites for hydroxylation is 2. The number of halogens is 1. The third kappa shape index (κ3) is 6.08. The van der Waals surface area contributed by atoms with Gasteiger partial charge in [-0.05, 0) is 51.2 Å². The van der Waals surface area contributed by atoms with Gasteiger partial charge < -0.3 is 19.9 Å². The minimum atomic E-state index is 0. The lowest BCUT2D eigenvalue weighted by Gasteiger charge is -2.18. The van der Waals surface area contributed by atoms with Crippen LogP contribution in [-0.4, -0.2) is 33.9 Å². The Labute approximate surface area is 184 Å². The van der Waals surface area contributed by atoms with Crippen molar-refractivity contribution in [1.82, 2.24) is 25.4 Å². The molecule has 0 radical (unpaired) electrons. The quantitative estimate of drug-likeness (QED) is 0.348. The van der Waals surface area contributed by atoms with Crippen LogP contribution in [-0.2, 0) is 19.6 Å². The fourth-order valence-electron chi connectivity index (χ4n) is 3.35. The van der Waals surface area contributed by atoms with Gasteiger partial charge in [0.2, 0.25) is 0 Å². The highest BCUT2D eigenvalue weighted by molar-refractivity contribution is 14.0. The van der Waals surface area contributed by atoms with E-state index in [1.54, 1.807) is 13.4 Å². The van der Waals surface area contributed by atoms with Crippen LogP contribution in [0.25, 0.3) is 0 Å². The van der Waals surface area contributed by atoms with Crippen molar-refractivity contribution in [1.29, 1.82) is 0 Å². The molecule has 2 aromatic rings. The van der Waals surface area contributed by atoms with Crippen molar-refractivity contribution in [2.24, 2.45) is 4.99 Å². The molecule has 1 saturated carbocycles. The molecule has 7 nitrogen and oxygen atoms in total. The number of guanidine groups is 1. The Hall–Kier alpha value is -1.84. The van der Waals surface area contributed by atoms with Crippen LogP contribution < -0.4 is 15.4 Å². The van der Waals surface area contributed by atoms with E-state index >= 15 is 0 Å². The summed E-state index contributed by atoms with van der Waals surface area (Å²) in [5, 5.41) is 14.8. The number of ether oxygens (including phenoxy) is 1. The molecule has 3 rings (SSSR count). The maximum atomic E-state index is 6.28. The van der Waals surface area contributed by atoms with E-state index in [9.17, 15) is 0 Å². The third-order valence-electron chi connectivity index (χ3n) is 4.94. The second-order valence-corrected chi connectivity index (χ2v) is 6.95. The van der Waals surface area contributed by atoms with Crippen LogP contribution in [0.2, 0.25) is 0 Å². The normalized spacial score (nSPS) is 14.6. The van der Waals surface area contributed by atoms with E-state index in [1.807, 2.05) is 4.57 Å². The molecule has 1 aliphatic carbocycles. The average Bonchev–Trinajstić information content (AvgIpc) is 3.34. The second-order valence-electron chi connectivity index (χ2n) is 6.95. The largest absolute Gasteiger partial charge is 0.490 e. The van der Waals surface area contributed by atoms with Gasteiger partial charge in [-0.3, -0.25) is 4.99 Å². The molecule has 1 aliphatic rings. The fraction of sp³-hybridized carbons (Fsp3) is 0.550. The minimum Gasteiger partial charge on any atom is -0.490 e. The maximum Gasteiger partial charge on any atom is 0.191 e. The molecule has 1 aromatic heterocycles. The molecule has 0 spiro atoms. The number of rotatable bonds is 7. The minimum absolute atomic E-state index is 0. The molecular weight excluding hydrogens is 467 g/mol. The fourth-order valence-corrected chi connectivity index (χ4v) is 3.35. The Balaban J connectivity index is 0.00000280. The smallest absolute Gasteiger partial charge is 0.191 e. The molecule has 28 heavy (non-hydrogen) atoms. The molecule has 0 saturated heterocycles. The number of nitrogens with zero attached hydrogens (tertiary/aromatic N) is 4. The number of hydrogen-bond donors (Lipinski definition) is 2. The van der Waals surface area contributed by atoms with Crippen molar-refractivity contribution >= 4 is 29.9 Å². The lowest BCUT2D eigenvalue weighted by Crippen LogP contribution is -2.37. The molecular formula is C20H31IN6O. The predicted molar refractivity (Wildman–Crippen MR) is 122 cm³/mol. The first-order valence-corrected chi connectivity index (χ1v) is 9.77. The van der Waals surface area contributed by atoms with Crippen molar-refractivity contribution < 1.29 is 4.74 Å². The van der Waals surface area contributed by atoms with Crippen LogP contribution >= 0.6 is 24.0 Å². The van der Waals surface area contributed by atoms with Gasteiger partial charge in [0.1, 0.15) is 12.1 Å². The van der Waals surface area contributed by atoms with Gasteiger partial charge in [-0.25, -0.2) is 0 Å². The van der Waals surface area contributed by atoms with Gasteiger partial charge in [0, 0.05) is 25.7 Å². The highest BCUT2D eigenvalue weighted by Crippen LogP contribution is 2.27. The van der Waals surface area contributed by atoms with Crippen molar-refractivity contribution in [3.63, 3.8) is 0 Å². The van der Waals surface area contributed by atoms with Crippen molar-refractivity contribution in [3.05, 3.63) is 41.5 Å². The molecule has 1 fully saturated rings. The van der Waals surface area contributed by atoms with Crippen molar-refractivity contribution in [2.45, 2.75) is 65.3 Å². The lowest BCUT2D eigenvalue weighted by molar-refractivity contribution is 0.207. The van der Waals surface area contributed by atoms with E-state index in [0.29, 0.717) is 19.2 Å². The Morgan fingerprint density at radius 3 is 2.71 bits per heavy atom. The lowest BCUT2D eigenvalue weighted by atomic mass is 10.1. The second kappa shape index (κ2) is 11.2. The number of benzene rings is 1. The van der Waals surface area contributed by atoms with Crippen molar-refractivity contribution in [3.8, 4) is 5.75 Å². The van der Waals surface area contributed by atoms with E-state index in [-0.39, 0.29) is 24.0 Å². The van der Waals surface area contributed by atoms with E-state index < -0.39 is 0 Å². The molecule has 0 aliphatic heterocycles. The SMILES string of the molecule is CCn1cnnc1CNC(=NC)NCc1ccc(C)cc1OC1CCCC1.I. The Kier molecular flexibility index (Phi) is 9.01. The molecule has 8 heteroatoms. The number of nitrogens with one attached hydrogen (secondary N) is 2. The molecule has 0 unspecified atom stereocenters. The molecule has 154 valence electrons. The first-order valence-electron chi connectivity index (χ1n) is 9.77. The summed E-state index contributed by atoms with van der Waals surface area (Å²) >= 11 is 0. The third-order valence-corrected chi connectivity index (χ3v) is 4.94. The molecule has 1 aromatic carbocycles. The number of hydrogen-bond acceptors (Lipinski definition) is 4. The molecule has 0 amide bonds. The number of aliphatic imine (C=N–C) groups is 1. The predicted octanol–water partition coefficient (Wildman–Crippen LogP) is 3.41. The van der Waals surface area contributed by atoms with Crippen LogP contribution in [0.15, 0.2) is 29.5 Å². The van der Waals surface area contributed by atoms with Gasteiger partial charge >= 0.3 is 0 Å². The highest BCUT2D eigenvalue weighted by atomic mass is 127. The van der Waals surface area contributed by atoms with Gasteiger partial charge in [0.25, 0.3) is 0 Å². The van der Waals surface area contributed by atoms with E-state index in [2.05, 4.69) is 57.9 Å². The first-order chi connectivity index (χ1) is 13.2. The van der Waals surface area contributed by atoms with Crippen LogP contribution in [0.4, 0.5) is 0 Å². The van der Waals surface area contributed by atoms with Crippen LogP contribution in [0.3, 0.4) is 0 Å². The molecule has 0 bridgehead atoms. The van der Waals surface area contributed by atoms with Gasteiger partial charge in [-0.1, -0.05) is 12.1 Å². The van der Waals surface area contributed by atoms with Gasteiger partial charge in [-0.15, -0.1) is 34.2 Å². The summed E-state index contributed by atoms with van der Waals surface area (Å²) in [6.07, 6.45) is 6.94. The summed E-state index contributed by atoms with van der Waals surface area (Å²) in [6, 6.07) is 6.39. The van der Waals surface area contributed by atoms with Gasteiger partial charge in [-0.2, -0.15) is 0 Å². The Morgan fingerprint density at radius 1 is 1.25 bits per heavy atom. The molecule has 0 atom stereocenters. The van der Waals surface area contributed by atoms with E-state index in [0.717, 1.165) is 42.5 Å². The van der Waals surface area contributed by atoms with Crippen LogP contribution in [0.5, 0.6) is 5.75 Å². The topological polar surface area (TPSA) is 76.4 Å². The highest BCUT2D eigenvalue weighted by Gasteiger charge is 2.18. The monoisotopic (exact) mass is 498 g/mol. The van der Waals surface area contributed by atoms with Crippen molar-refractivity contribution in [2.75, 3.05) is 7.05 Å². The van der Waals surface area contributed by atoms with Crippen LogP contribution in [0, 0.1) is 6.92 Å². The standard InChI is InChI=1S/C20H30N6O.HI/c1-4-26-14-24-25-19(26)13-23-20(21-3)22-12-16-10-9-15(2)11-18(16)27-17-7-5-6-8-17;/h9-11,14,17H,4-8,12-13H2,1-3H3,(H2,21,22,23);1H. The molecule has 1 heterocycles. The zero-order chi connectivity index (χ0) is 19.1. The summed E-state index contributed by atoms with van der Waals surface area (Å²) < 4.78 is 8.29. The zero-order valence-corrected chi connectivity index (χ0v) is 19.3. The first kappa shape index (κ1) is 22.4. The summed E-state index contributed by atoms with van der Waals surface area (Å²) in [5.74, 6) is 2.60. The molecule has 2 N–H and O–H groups in total. The van der Waals surface area contributed by atoms with Gasteiger partial charge in [0.15, 0.2) is 11.8 Å². The summed E-state index contributed by atoms with van der Waals surface area (Å²) in [5.41, 5.74) is 2.36. The summed E-state index contributed by atoms with van der Waals surface area (Å²) in [6.45, 7) is 6.25. The Morgan fingerprint density at radius 2 is 2.00 bits per heavy atom. The summed E-state index contributed by atoms with van der Waals surface area (Å²) in [4.78, 5) is 4.30. The average molecular weight is 498 g/mol. The van der Waals surface area contributed by atoms with Gasteiger partial charge in [0.05, 0.1) is 12.6 Å². The Bertz CT molecular complexity index is 770. The van der Waals surface area contributed by atoms with Crippen LogP contribution in [0.1, 0.15) is 49.6 Å². The van der Waals surface area contributed by atoms with E-state index in [1.165, 1.54) is 18.4 Å². The summed E-state index contributed by atoms with van der Waals surface area (Å²) in [7, 11) is 1.77. The maximum absolute atomic E-state index is 6.28. The zero-order valence-electron chi connectivity index (χ0n) is 16.9.